The topological polar surface area (TPSA) is 71.1 Å². The first kappa shape index (κ1) is 18.6. The van der Waals surface area contributed by atoms with E-state index in [1.54, 1.807) is 19.9 Å². The maximum Gasteiger partial charge on any atom is 0.313 e. The zero-order chi connectivity index (χ0) is 18.7. The molecular weight excluding hydrogens is 324 g/mol. The van der Waals surface area contributed by atoms with E-state index in [1.165, 1.54) is 21.1 Å². The number of rotatable bonds is 5. The Morgan fingerprint density at radius 3 is 2.04 bits per heavy atom. The maximum atomic E-state index is 12.2. The second kappa shape index (κ2) is 7.42. The third-order valence-electron chi connectivity index (χ3n) is 3.69. The molecule has 6 heteroatoms. The molecule has 2 aromatic rings. The van der Waals surface area contributed by atoms with Crippen LogP contribution in [0.1, 0.15) is 26.3 Å². The number of hydrogen-bond donors (Lipinski definition) is 0. The molecule has 2 rings (SSSR count). The summed E-state index contributed by atoms with van der Waals surface area (Å²) in [4.78, 5) is 23.8. The molecule has 0 saturated carbocycles. The van der Waals surface area contributed by atoms with Crippen LogP contribution in [0.3, 0.4) is 0 Å². The minimum atomic E-state index is -0.489. The molecule has 0 bridgehead atoms. The second-order valence-corrected chi connectivity index (χ2v) is 5.89. The largest absolute Gasteiger partial charge is 0.490 e. The molecular formula is C19H22O6. The summed E-state index contributed by atoms with van der Waals surface area (Å²) in [5.74, 6) is -0.321. The summed E-state index contributed by atoms with van der Waals surface area (Å²) in [7, 11) is 2.87. The number of ether oxygens (including phenoxy) is 4. The van der Waals surface area contributed by atoms with Gasteiger partial charge in [0.1, 0.15) is 0 Å². The SMILES string of the molecule is COc1c(OC)c(OC(C)=O)c2c(C)cccc2c1OC(=O)C(C)C. The zero-order valence-corrected chi connectivity index (χ0v) is 15.3. The molecule has 134 valence electrons. The van der Waals surface area contributed by atoms with E-state index in [4.69, 9.17) is 18.9 Å². The summed E-state index contributed by atoms with van der Waals surface area (Å²) >= 11 is 0. The highest BCUT2D eigenvalue weighted by Gasteiger charge is 2.27. The monoisotopic (exact) mass is 346 g/mol. The van der Waals surface area contributed by atoms with Crippen molar-refractivity contribution >= 4 is 22.7 Å². The van der Waals surface area contributed by atoms with Gasteiger partial charge in [-0.1, -0.05) is 32.0 Å². The summed E-state index contributed by atoms with van der Waals surface area (Å²) < 4.78 is 21.8. The predicted octanol–water partition coefficient (Wildman–Crippen LogP) is 3.65. The van der Waals surface area contributed by atoms with E-state index in [0.717, 1.165) is 5.56 Å². The first-order valence-electron chi connectivity index (χ1n) is 7.89. The van der Waals surface area contributed by atoms with Crippen molar-refractivity contribution in [2.24, 2.45) is 5.92 Å². The first-order valence-corrected chi connectivity index (χ1v) is 7.89. The quantitative estimate of drug-likeness (QED) is 0.608. The van der Waals surface area contributed by atoms with Gasteiger partial charge in [-0.3, -0.25) is 9.59 Å². The molecule has 0 atom stereocenters. The molecule has 0 spiro atoms. The normalized spacial score (nSPS) is 10.7. The highest BCUT2D eigenvalue weighted by atomic mass is 16.6. The average Bonchev–Trinajstić information content (AvgIpc) is 2.55. The van der Waals surface area contributed by atoms with E-state index in [0.29, 0.717) is 10.8 Å². The third-order valence-corrected chi connectivity index (χ3v) is 3.69. The minimum absolute atomic E-state index is 0.200. The molecule has 0 aromatic heterocycles. The van der Waals surface area contributed by atoms with Gasteiger partial charge in [-0.05, 0) is 12.5 Å². The van der Waals surface area contributed by atoms with Gasteiger partial charge in [0.15, 0.2) is 11.5 Å². The number of hydrogen-bond acceptors (Lipinski definition) is 6. The van der Waals surface area contributed by atoms with Gasteiger partial charge >= 0.3 is 11.9 Å². The van der Waals surface area contributed by atoms with Gasteiger partial charge in [0.25, 0.3) is 0 Å². The number of carbonyl (C=O) groups excluding carboxylic acids is 2. The molecule has 0 unspecified atom stereocenters. The molecule has 25 heavy (non-hydrogen) atoms. The molecule has 0 heterocycles. The van der Waals surface area contributed by atoms with Crippen LogP contribution in [0.5, 0.6) is 23.0 Å². The Kier molecular flexibility index (Phi) is 5.51. The van der Waals surface area contributed by atoms with Crippen LogP contribution in [-0.4, -0.2) is 26.2 Å². The Bertz CT molecular complexity index is 823. The number of carbonyl (C=O) groups is 2. The van der Waals surface area contributed by atoms with E-state index in [1.807, 2.05) is 19.1 Å². The lowest BCUT2D eigenvalue weighted by Gasteiger charge is -2.20. The fourth-order valence-electron chi connectivity index (χ4n) is 2.53. The number of esters is 2. The summed E-state index contributed by atoms with van der Waals surface area (Å²) in [5, 5.41) is 1.23. The molecule has 0 saturated heterocycles. The number of methoxy groups -OCH3 is 2. The van der Waals surface area contributed by atoms with Crippen LogP contribution in [0.4, 0.5) is 0 Å². The Morgan fingerprint density at radius 2 is 1.52 bits per heavy atom. The third kappa shape index (κ3) is 3.52. The average molecular weight is 346 g/mol. The standard InChI is InChI=1S/C19H22O6/c1-10(2)19(21)25-15-13-9-7-8-11(3)14(13)16(24-12(4)20)18(23-6)17(15)22-5/h7-10H,1-6H3. The highest BCUT2D eigenvalue weighted by Crippen LogP contribution is 2.52. The summed E-state index contributed by atoms with van der Waals surface area (Å²) in [6, 6.07) is 5.48. The minimum Gasteiger partial charge on any atom is -0.490 e. The lowest BCUT2D eigenvalue weighted by Crippen LogP contribution is -2.16. The molecule has 6 nitrogen and oxygen atoms in total. The molecule has 0 aliphatic carbocycles. The highest BCUT2D eigenvalue weighted by molar-refractivity contribution is 6.03. The second-order valence-electron chi connectivity index (χ2n) is 5.89. The van der Waals surface area contributed by atoms with Crippen molar-refractivity contribution in [2.45, 2.75) is 27.7 Å². The zero-order valence-electron chi connectivity index (χ0n) is 15.3. The van der Waals surface area contributed by atoms with Crippen LogP contribution in [0.15, 0.2) is 18.2 Å². The lowest BCUT2D eigenvalue weighted by molar-refractivity contribution is -0.138. The van der Waals surface area contributed by atoms with Crippen LogP contribution in [0.2, 0.25) is 0 Å². The van der Waals surface area contributed by atoms with E-state index in [9.17, 15) is 9.59 Å². The van der Waals surface area contributed by atoms with Crippen LogP contribution < -0.4 is 18.9 Å². The number of benzene rings is 2. The van der Waals surface area contributed by atoms with Crippen molar-refractivity contribution < 1.29 is 28.5 Å². The van der Waals surface area contributed by atoms with Gasteiger partial charge < -0.3 is 18.9 Å². The van der Waals surface area contributed by atoms with E-state index >= 15 is 0 Å². The van der Waals surface area contributed by atoms with Crippen molar-refractivity contribution in [2.75, 3.05) is 14.2 Å². The van der Waals surface area contributed by atoms with E-state index in [-0.39, 0.29) is 28.9 Å². The van der Waals surface area contributed by atoms with E-state index < -0.39 is 11.9 Å². The molecule has 0 fully saturated rings. The van der Waals surface area contributed by atoms with Gasteiger partial charge in [0.05, 0.1) is 20.1 Å². The van der Waals surface area contributed by atoms with Crippen molar-refractivity contribution in [1.82, 2.24) is 0 Å². The first-order chi connectivity index (χ1) is 11.8. The van der Waals surface area contributed by atoms with Crippen molar-refractivity contribution in [3.63, 3.8) is 0 Å². The van der Waals surface area contributed by atoms with Crippen molar-refractivity contribution in [3.8, 4) is 23.0 Å². The summed E-state index contributed by atoms with van der Waals surface area (Å²) in [6.07, 6.45) is 0. The van der Waals surface area contributed by atoms with Gasteiger partial charge in [-0.25, -0.2) is 0 Å². The molecule has 0 amide bonds. The van der Waals surface area contributed by atoms with Crippen LogP contribution in [0.25, 0.3) is 10.8 Å². The Hall–Kier alpha value is -2.76. The van der Waals surface area contributed by atoms with Crippen molar-refractivity contribution in [3.05, 3.63) is 23.8 Å². The molecule has 0 aliphatic heterocycles. The Balaban J connectivity index is 2.90. The predicted molar refractivity (Wildman–Crippen MR) is 93.6 cm³/mol. The van der Waals surface area contributed by atoms with Crippen LogP contribution in [-0.2, 0) is 9.59 Å². The van der Waals surface area contributed by atoms with Gasteiger partial charge in [-0.15, -0.1) is 0 Å². The number of aryl methyl sites for hydroxylation is 1. The summed E-state index contributed by atoms with van der Waals surface area (Å²) in [5.41, 5.74) is 0.844. The molecule has 0 radical (unpaired) electrons. The number of fused-ring (bicyclic) bond motifs is 1. The van der Waals surface area contributed by atoms with Gasteiger partial charge in [0.2, 0.25) is 11.5 Å². The lowest BCUT2D eigenvalue weighted by atomic mass is 10.0. The Labute approximate surface area is 146 Å². The van der Waals surface area contributed by atoms with Crippen LogP contribution in [0, 0.1) is 12.8 Å². The van der Waals surface area contributed by atoms with Crippen LogP contribution >= 0.6 is 0 Å². The fourth-order valence-corrected chi connectivity index (χ4v) is 2.53. The van der Waals surface area contributed by atoms with Gasteiger partial charge in [0, 0.05) is 17.7 Å². The Morgan fingerprint density at radius 1 is 0.920 bits per heavy atom. The smallest absolute Gasteiger partial charge is 0.313 e. The fraction of sp³-hybridized carbons (Fsp3) is 0.368. The van der Waals surface area contributed by atoms with E-state index in [2.05, 4.69) is 0 Å². The van der Waals surface area contributed by atoms with Crippen molar-refractivity contribution in [1.29, 1.82) is 0 Å². The molecule has 2 aromatic carbocycles. The van der Waals surface area contributed by atoms with Gasteiger partial charge in [-0.2, -0.15) is 0 Å². The summed E-state index contributed by atoms with van der Waals surface area (Å²) in [6.45, 7) is 6.66. The maximum absolute atomic E-state index is 12.2. The molecule has 0 aliphatic rings. The molecule has 0 N–H and O–H groups in total.